The SMILES string of the molecule is O=S(=O)(O)c1ccc2c3cccc4c(S(=O)(=O)O)ccc(c5cccc1c52)c43.[Na].[Na]. The second kappa shape index (κ2) is 7.97. The predicted molar refractivity (Wildman–Crippen MR) is 119 cm³/mol. The summed E-state index contributed by atoms with van der Waals surface area (Å²) < 4.78 is 66.5. The molecule has 30 heavy (non-hydrogen) atoms. The third-order valence-corrected chi connectivity index (χ3v) is 6.96. The van der Waals surface area contributed by atoms with Gasteiger partial charge in [0.1, 0.15) is 9.79 Å². The molecule has 5 aromatic rings. The van der Waals surface area contributed by atoms with Crippen LogP contribution < -0.4 is 0 Å². The zero-order valence-electron chi connectivity index (χ0n) is 16.1. The van der Waals surface area contributed by atoms with Gasteiger partial charge < -0.3 is 0 Å². The Morgan fingerprint density at radius 1 is 0.467 bits per heavy atom. The third-order valence-electron chi connectivity index (χ3n) is 5.14. The van der Waals surface area contributed by atoms with Crippen LogP contribution in [0.3, 0.4) is 0 Å². The largest absolute Gasteiger partial charge is 0.295 e. The number of benzene rings is 5. The van der Waals surface area contributed by atoms with Gasteiger partial charge >= 0.3 is 0 Å². The predicted octanol–water partition coefficient (Wildman–Crippen LogP) is 3.47. The monoisotopic (exact) mass is 458 g/mol. The van der Waals surface area contributed by atoms with Gasteiger partial charge in [-0.15, -0.1) is 0 Å². The van der Waals surface area contributed by atoms with E-state index in [1.807, 2.05) is 12.1 Å². The standard InChI is InChI=1S/C20H12O6S2.2Na/c21-27(22,23)17-9-8-14-12-4-2-6-16-18(28(24,25)26)10-7-13(20(12)16)11-3-1-5-15(17)19(11)14;;/h1-10H,(H,21,22,23)(H,24,25,26);;. The Labute approximate surface area is 216 Å². The fraction of sp³-hybridized carbons (Fsp3) is 0. The van der Waals surface area contributed by atoms with Crippen LogP contribution in [0, 0.1) is 0 Å². The van der Waals surface area contributed by atoms with Crippen LogP contribution in [0.2, 0.25) is 0 Å². The van der Waals surface area contributed by atoms with E-state index in [0.29, 0.717) is 21.5 Å². The Morgan fingerprint density at radius 2 is 0.767 bits per heavy atom. The molecule has 5 rings (SSSR count). The summed E-state index contributed by atoms with van der Waals surface area (Å²) in [5.74, 6) is 0. The van der Waals surface area contributed by atoms with Crippen molar-refractivity contribution < 1.29 is 25.9 Å². The smallest absolute Gasteiger partial charge is 0.282 e. The summed E-state index contributed by atoms with van der Waals surface area (Å²) in [6.45, 7) is 0. The summed E-state index contributed by atoms with van der Waals surface area (Å²) in [5, 5.41) is 5.01. The van der Waals surface area contributed by atoms with Crippen molar-refractivity contribution >= 4 is 122 Å². The Kier molecular flexibility index (Phi) is 6.34. The molecule has 0 spiro atoms. The van der Waals surface area contributed by atoms with Crippen LogP contribution >= 0.6 is 0 Å². The maximum atomic E-state index is 11.8. The van der Waals surface area contributed by atoms with Gasteiger partial charge in [0.15, 0.2) is 0 Å². The first-order chi connectivity index (χ1) is 13.2. The van der Waals surface area contributed by atoms with E-state index in [1.165, 1.54) is 12.1 Å². The van der Waals surface area contributed by atoms with Crippen molar-refractivity contribution in [3.8, 4) is 0 Å². The molecule has 6 nitrogen and oxygen atoms in total. The molecule has 0 fully saturated rings. The number of hydrogen-bond acceptors (Lipinski definition) is 4. The van der Waals surface area contributed by atoms with Gasteiger partial charge in [-0.1, -0.05) is 48.5 Å². The van der Waals surface area contributed by atoms with Crippen LogP contribution in [0.4, 0.5) is 0 Å². The van der Waals surface area contributed by atoms with E-state index in [-0.39, 0.29) is 68.9 Å². The Bertz CT molecular complexity index is 1520. The third kappa shape index (κ3) is 3.49. The van der Waals surface area contributed by atoms with Crippen molar-refractivity contribution in [3.63, 3.8) is 0 Å². The molecule has 5 aromatic carbocycles. The molecule has 0 saturated heterocycles. The van der Waals surface area contributed by atoms with Gasteiger partial charge in [0.2, 0.25) is 0 Å². The molecule has 0 bridgehead atoms. The van der Waals surface area contributed by atoms with Gasteiger partial charge in [-0.05, 0) is 44.5 Å². The summed E-state index contributed by atoms with van der Waals surface area (Å²) >= 11 is 0. The van der Waals surface area contributed by atoms with Gasteiger partial charge in [0.25, 0.3) is 20.2 Å². The molecule has 0 saturated carbocycles. The minimum absolute atomic E-state index is 0. The molecule has 0 unspecified atom stereocenters. The average Bonchev–Trinajstić information content (AvgIpc) is 2.63. The number of rotatable bonds is 2. The topological polar surface area (TPSA) is 109 Å². The molecule has 10 heteroatoms. The molecular weight excluding hydrogens is 446 g/mol. The second-order valence-electron chi connectivity index (χ2n) is 6.63. The minimum Gasteiger partial charge on any atom is -0.282 e. The Hall–Kier alpha value is -0.780. The summed E-state index contributed by atoms with van der Waals surface area (Å²) in [7, 11) is -8.83. The van der Waals surface area contributed by atoms with Crippen molar-refractivity contribution in [2.24, 2.45) is 0 Å². The van der Waals surface area contributed by atoms with Crippen LogP contribution in [0.15, 0.2) is 70.5 Å². The molecule has 2 radical (unpaired) electrons. The maximum absolute atomic E-state index is 11.8. The number of fused-ring (bicyclic) bond motifs is 2. The second-order valence-corrected chi connectivity index (χ2v) is 9.41. The molecule has 0 aliphatic heterocycles. The molecule has 0 atom stereocenters. The van der Waals surface area contributed by atoms with E-state index in [2.05, 4.69) is 0 Å². The zero-order valence-corrected chi connectivity index (χ0v) is 21.8. The summed E-state index contributed by atoms with van der Waals surface area (Å²) in [6.07, 6.45) is 0. The van der Waals surface area contributed by atoms with Crippen LogP contribution in [-0.4, -0.2) is 85.1 Å². The summed E-state index contributed by atoms with van der Waals surface area (Å²) in [4.78, 5) is -0.364. The van der Waals surface area contributed by atoms with Crippen LogP contribution in [-0.2, 0) is 20.2 Å². The van der Waals surface area contributed by atoms with E-state index in [4.69, 9.17) is 0 Å². The van der Waals surface area contributed by atoms with E-state index >= 15 is 0 Å². The van der Waals surface area contributed by atoms with E-state index in [9.17, 15) is 25.9 Å². The van der Waals surface area contributed by atoms with Crippen LogP contribution in [0.25, 0.3) is 43.1 Å². The molecule has 0 heterocycles. The van der Waals surface area contributed by atoms with Crippen molar-refractivity contribution in [3.05, 3.63) is 60.7 Å². The van der Waals surface area contributed by atoms with Gasteiger partial charge in [-0.3, -0.25) is 9.11 Å². The Balaban J connectivity index is 0.00000128. The van der Waals surface area contributed by atoms with Gasteiger partial charge in [-0.25, -0.2) is 0 Å². The molecule has 2 N–H and O–H groups in total. The zero-order chi connectivity index (χ0) is 19.8. The van der Waals surface area contributed by atoms with Gasteiger partial charge in [0, 0.05) is 69.9 Å². The fourth-order valence-electron chi connectivity index (χ4n) is 4.11. The quantitative estimate of drug-likeness (QED) is 0.182. The van der Waals surface area contributed by atoms with Crippen molar-refractivity contribution in [1.29, 1.82) is 0 Å². The molecule has 0 amide bonds. The van der Waals surface area contributed by atoms with Gasteiger partial charge in [0.05, 0.1) is 0 Å². The Morgan fingerprint density at radius 3 is 1.10 bits per heavy atom. The first-order valence-corrected chi connectivity index (χ1v) is 11.1. The molecule has 0 aliphatic carbocycles. The molecule has 0 aromatic heterocycles. The molecular formula is C20H12Na2O6S2. The molecule has 142 valence electrons. The van der Waals surface area contributed by atoms with Crippen molar-refractivity contribution in [1.82, 2.24) is 0 Å². The summed E-state index contributed by atoms with van der Waals surface area (Å²) in [5.41, 5.74) is 0. The fourth-order valence-corrected chi connectivity index (χ4v) is 5.48. The first-order valence-electron chi connectivity index (χ1n) is 8.25. The van der Waals surface area contributed by atoms with Crippen LogP contribution in [0.1, 0.15) is 0 Å². The van der Waals surface area contributed by atoms with Crippen LogP contribution in [0.5, 0.6) is 0 Å². The van der Waals surface area contributed by atoms with E-state index < -0.39 is 20.2 Å². The average molecular weight is 458 g/mol. The van der Waals surface area contributed by atoms with Crippen molar-refractivity contribution in [2.75, 3.05) is 0 Å². The van der Waals surface area contributed by atoms with E-state index in [1.54, 1.807) is 36.4 Å². The molecule has 0 aliphatic rings. The normalized spacial score (nSPS) is 12.3. The number of hydrogen-bond donors (Lipinski definition) is 2. The van der Waals surface area contributed by atoms with E-state index in [0.717, 1.165) is 21.5 Å². The van der Waals surface area contributed by atoms with Gasteiger partial charge in [-0.2, -0.15) is 16.8 Å². The maximum Gasteiger partial charge on any atom is 0.295 e. The first kappa shape index (κ1) is 23.9. The minimum atomic E-state index is -4.41. The van der Waals surface area contributed by atoms with Crippen molar-refractivity contribution in [2.45, 2.75) is 9.79 Å². The summed E-state index contributed by atoms with van der Waals surface area (Å²) in [6, 6.07) is 16.2.